The number of nitrogens with zero attached hydrogens (tertiary/aromatic N) is 1. The van der Waals surface area contributed by atoms with Crippen LogP contribution in [0.4, 0.5) is 15.8 Å². The minimum absolute atomic E-state index is 0.0938. The number of rotatable bonds is 6. The van der Waals surface area contributed by atoms with Gasteiger partial charge in [-0.2, -0.15) is 0 Å². The van der Waals surface area contributed by atoms with Crippen molar-refractivity contribution in [1.29, 1.82) is 0 Å². The molecule has 1 heterocycles. The second kappa shape index (κ2) is 9.52. The van der Waals surface area contributed by atoms with Crippen molar-refractivity contribution in [3.8, 4) is 0 Å². The Kier molecular flexibility index (Phi) is 6.82. The molecule has 1 fully saturated rings. The standard InChI is InChI=1S/C22H27FN4O2/c1-26(2)19-11-5-16(6-12-19)20(27-13-3-4-14-27)15-24-21(28)22(29)25-18-9-7-17(23)8-10-18/h5-12,20H,3-4,13-15H2,1-2H3,(H,24,28)(H,25,29)/p+1/t20-/m0/s1. The van der Waals surface area contributed by atoms with Gasteiger partial charge in [0, 0.05) is 43.9 Å². The number of halogens is 1. The zero-order valence-electron chi connectivity index (χ0n) is 16.9. The van der Waals surface area contributed by atoms with Gasteiger partial charge < -0.3 is 20.4 Å². The van der Waals surface area contributed by atoms with E-state index in [-0.39, 0.29) is 6.04 Å². The van der Waals surface area contributed by atoms with Crippen LogP contribution in [-0.4, -0.2) is 45.5 Å². The van der Waals surface area contributed by atoms with E-state index in [0.29, 0.717) is 12.2 Å². The van der Waals surface area contributed by atoms with Gasteiger partial charge in [-0.1, -0.05) is 12.1 Å². The number of hydrogen-bond donors (Lipinski definition) is 3. The summed E-state index contributed by atoms with van der Waals surface area (Å²) >= 11 is 0. The highest BCUT2D eigenvalue weighted by Gasteiger charge is 2.28. The van der Waals surface area contributed by atoms with E-state index in [2.05, 4.69) is 34.9 Å². The molecule has 0 saturated carbocycles. The van der Waals surface area contributed by atoms with E-state index in [0.717, 1.165) is 24.3 Å². The largest absolute Gasteiger partial charge is 0.378 e. The predicted molar refractivity (Wildman–Crippen MR) is 111 cm³/mol. The van der Waals surface area contributed by atoms with E-state index < -0.39 is 17.6 Å². The Morgan fingerprint density at radius 1 is 1.00 bits per heavy atom. The maximum atomic E-state index is 13.0. The lowest BCUT2D eigenvalue weighted by Gasteiger charge is -2.25. The van der Waals surface area contributed by atoms with Crippen LogP contribution in [0.25, 0.3) is 0 Å². The second-order valence-corrected chi connectivity index (χ2v) is 7.57. The topological polar surface area (TPSA) is 65.9 Å². The van der Waals surface area contributed by atoms with Crippen LogP contribution in [0, 0.1) is 5.82 Å². The van der Waals surface area contributed by atoms with Crippen LogP contribution in [0.5, 0.6) is 0 Å². The van der Waals surface area contributed by atoms with Crippen LogP contribution in [0.3, 0.4) is 0 Å². The van der Waals surface area contributed by atoms with Crippen molar-refractivity contribution >= 4 is 23.2 Å². The van der Waals surface area contributed by atoms with Gasteiger partial charge in [0.2, 0.25) is 0 Å². The first-order valence-electron chi connectivity index (χ1n) is 9.90. The molecule has 2 aromatic carbocycles. The van der Waals surface area contributed by atoms with Crippen LogP contribution in [0.15, 0.2) is 48.5 Å². The molecule has 0 aliphatic carbocycles. The molecular weight excluding hydrogens is 371 g/mol. The molecule has 0 radical (unpaired) electrons. The van der Waals surface area contributed by atoms with Crippen molar-refractivity contribution in [3.63, 3.8) is 0 Å². The van der Waals surface area contributed by atoms with E-state index >= 15 is 0 Å². The number of amides is 2. The SMILES string of the molecule is CN(C)c1ccc([C@H](CNC(=O)C(=O)Nc2ccc(F)cc2)[NH+]2CCCC2)cc1. The number of anilines is 2. The summed E-state index contributed by atoms with van der Waals surface area (Å²) in [7, 11) is 4.00. The predicted octanol–water partition coefficient (Wildman–Crippen LogP) is 1.37. The van der Waals surface area contributed by atoms with Crippen LogP contribution in [0.2, 0.25) is 0 Å². The van der Waals surface area contributed by atoms with Gasteiger partial charge in [0.15, 0.2) is 0 Å². The lowest BCUT2D eigenvalue weighted by atomic mass is 10.0. The maximum Gasteiger partial charge on any atom is 0.313 e. The molecule has 1 atom stereocenters. The molecule has 0 unspecified atom stereocenters. The fourth-order valence-electron chi connectivity index (χ4n) is 3.68. The first kappa shape index (κ1) is 20.8. The Labute approximate surface area is 170 Å². The van der Waals surface area contributed by atoms with Gasteiger partial charge in [-0.15, -0.1) is 0 Å². The van der Waals surface area contributed by atoms with E-state index in [1.165, 1.54) is 42.0 Å². The molecule has 154 valence electrons. The summed E-state index contributed by atoms with van der Waals surface area (Å²) in [5, 5.41) is 5.26. The number of carbonyl (C=O) groups excluding carboxylic acids is 2. The molecule has 1 aliphatic heterocycles. The van der Waals surface area contributed by atoms with E-state index in [9.17, 15) is 14.0 Å². The lowest BCUT2D eigenvalue weighted by molar-refractivity contribution is -0.918. The number of nitrogens with one attached hydrogen (secondary N) is 3. The minimum Gasteiger partial charge on any atom is -0.378 e. The molecule has 0 bridgehead atoms. The third kappa shape index (κ3) is 5.54. The maximum absolute atomic E-state index is 13.0. The molecule has 3 rings (SSSR count). The van der Waals surface area contributed by atoms with Crippen LogP contribution >= 0.6 is 0 Å². The summed E-state index contributed by atoms with van der Waals surface area (Å²) in [5.41, 5.74) is 2.64. The number of quaternary nitrogens is 1. The molecule has 2 amide bonds. The fraction of sp³-hybridized carbons (Fsp3) is 0.364. The van der Waals surface area contributed by atoms with Gasteiger partial charge >= 0.3 is 11.8 Å². The Bertz CT molecular complexity index is 831. The Hall–Kier alpha value is -2.93. The highest BCUT2D eigenvalue weighted by atomic mass is 19.1. The molecule has 1 saturated heterocycles. The van der Waals surface area contributed by atoms with E-state index in [1.54, 1.807) is 0 Å². The van der Waals surface area contributed by atoms with E-state index in [4.69, 9.17) is 0 Å². The van der Waals surface area contributed by atoms with Gasteiger partial charge in [0.25, 0.3) is 0 Å². The van der Waals surface area contributed by atoms with Gasteiger partial charge in [-0.3, -0.25) is 9.59 Å². The molecule has 7 heteroatoms. The van der Waals surface area contributed by atoms with Crippen molar-refractivity contribution in [2.24, 2.45) is 0 Å². The summed E-state index contributed by atoms with van der Waals surface area (Å²) in [5.74, 6) is -1.85. The zero-order chi connectivity index (χ0) is 20.8. The van der Waals surface area contributed by atoms with Gasteiger partial charge in [0.05, 0.1) is 19.6 Å². The molecule has 0 aromatic heterocycles. The van der Waals surface area contributed by atoms with Crippen molar-refractivity contribution in [3.05, 3.63) is 59.9 Å². The van der Waals surface area contributed by atoms with Crippen LogP contribution in [-0.2, 0) is 9.59 Å². The summed E-state index contributed by atoms with van der Waals surface area (Å²) < 4.78 is 13.0. The molecule has 1 aliphatic rings. The lowest BCUT2D eigenvalue weighted by Crippen LogP contribution is -3.11. The number of carbonyl (C=O) groups is 2. The molecule has 2 aromatic rings. The summed E-state index contributed by atoms with van der Waals surface area (Å²) in [6, 6.07) is 13.7. The average molecular weight is 399 g/mol. The number of benzene rings is 2. The van der Waals surface area contributed by atoms with Crippen LogP contribution in [0.1, 0.15) is 24.4 Å². The van der Waals surface area contributed by atoms with Crippen molar-refractivity contribution < 1.29 is 18.9 Å². The van der Waals surface area contributed by atoms with Crippen molar-refractivity contribution in [2.75, 3.05) is 43.9 Å². The monoisotopic (exact) mass is 399 g/mol. The highest BCUT2D eigenvalue weighted by Crippen LogP contribution is 2.17. The van der Waals surface area contributed by atoms with Gasteiger partial charge in [-0.05, 0) is 36.4 Å². The fourth-order valence-corrected chi connectivity index (χ4v) is 3.68. The van der Waals surface area contributed by atoms with E-state index in [1.807, 2.05) is 19.0 Å². The van der Waals surface area contributed by atoms with Crippen molar-refractivity contribution in [1.82, 2.24) is 5.32 Å². The quantitative estimate of drug-likeness (QED) is 0.643. The summed E-state index contributed by atoms with van der Waals surface area (Å²) in [4.78, 5) is 27.9. The number of hydrogen-bond acceptors (Lipinski definition) is 3. The summed E-state index contributed by atoms with van der Waals surface area (Å²) in [6.45, 7) is 2.49. The molecule has 3 N–H and O–H groups in total. The molecule has 6 nitrogen and oxygen atoms in total. The van der Waals surface area contributed by atoms with Crippen LogP contribution < -0.4 is 20.4 Å². The summed E-state index contributed by atoms with van der Waals surface area (Å²) in [6.07, 6.45) is 2.33. The van der Waals surface area contributed by atoms with Gasteiger partial charge in [-0.25, -0.2) is 4.39 Å². The number of likely N-dealkylation sites (tertiary alicyclic amines) is 1. The molecule has 0 spiro atoms. The minimum atomic E-state index is -0.755. The van der Waals surface area contributed by atoms with Crippen molar-refractivity contribution in [2.45, 2.75) is 18.9 Å². The second-order valence-electron chi connectivity index (χ2n) is 7.57. The Morgan fingerprint density at radius 3 is 2.21 bits per heavy atom. The highest BCUT2D eigenvalue weighted by molar-refractivity contribution is 6.39. The van der Waals surface area contributed by atoms with Gasteiger partial charge in [0.1, 0.15) is 11.9 Å². The average Bonchev–Trinajstić information content (AvgIpc) is 3.24. The molecule has 29 heavy (non-hydrogen) atoms. The third-order valence-corrected chi connectivity index (χ3v) is 5.33. The Morgan fingerprint density at radius 2 is 1.62 bits per heavy atom. The molecular formula is C22H28FN4O2+. The third-order valence-electron chi connectivity index (χ3n) is 5.33. The first-order valence-corrected chi connectivity index (χ1v) is 9.90. The normalized spacial score (nSPS) is 15.0. The Balaban J connectivity index is 1.63. The zero-order valence-corrected chi connectivity index (χ0v) is 16.9. The first-order chi connectivity index (χ1) is 13.9. The smallest absolute Gasteiger partial charge is 0.313 e.